The maximum atomic E-state index is 13.9. The third-order valence-corrected chi connectivity index (χ3v) is 2.89. The fourth-order valence-corrected chi connectivity index (χ4v) is 1.88. The van der Waals surface area contributed by atoms with Crippen LogP contribution in [0.5, 0.6) is 0 Å². The Morgan fingerprint density at radius 3 is 2.86 bits per heavy atom. The number of nitrogen functional groups attached to an aromatic ring is 1. The molecule has 8 heteroatoms. The van der Waals surface area contributed by atoms with E-state index in [4.69, 9.17) is 10.2 Å². The Labute approximate surface area is 130 Å². The lowest BCUT2D eigenvalue weighted by molar-refractivity contribution is 0.0594. The molecule has 0 amide bonds. The topological polar surface area (TPSA) is 91.2 Å². The summed E-state index contributed by atoms with van der Waals surface area (Å²) in [5, 5.41) is 0. The van der Waals surface area contributed by atoms with Crippen LogP contribution >= 0.6 is 12.4 Å². The van der Waals surface area contributed by atoms with Gasteiger partial charge in [-0.25, -0.2) is 19.2 Å². The lowest BCUT2D eigenvalue weighted by atomic mass is 10.2. The molecule has 0 fully saturated rings. The van der Waals surface area contributed by atoms with Crippen LogP contribution in [0.2, 0.25) is 0 Å². The van der Waals surface area contributed by atoms with Crippen LogP contribution in [0.25, 0.3) is 22.6 Å². The second-order valence-corrected chi connectivity index (χ2v) is 4.29. The van der Waals surface area contributed by atoms with Crippen LogP contribution in [0.3, 0.4) is 0 Å². The first-order valence-corrected chi connectivity index (χ1v) is 5.99. The molecule has 0 spiro atoms. The number of ether oxygens (including phenoxy) is 1. The fourth-order valence-electron chi connectivity index (χ4n) is 1.88. The summed E-state index contributed by atoms with van der Waals surface area (Å²) < 4.78 is 23.9. The summed E-state index contributed by atoms with van der Waals surface area (Å²) in [6.45, 7) is 0. The van der Waals surface area contributed by atoms with E-state index in [1.807, 2.05) is 0 Å². The van der Waals surface area contributed by atoms with Crippen LogP contribution in [0, 0.1) is 5.82 Å². The molecule has 0 atom stereocenters. The summed E-state index contributed by atoms with van der Waals surface area (Å²) in [5.74, 6) is -1.28. The van der Waals surface area contributed by atoms with Crippen LogP contribution in [-0.2, 0) is 4.74 Å². The Morgan fingerprint density at radius 1 is 1.36 bits per heavy atom. The van der Waals surface area contributed by atoms with Crippen molar-refractivity contribution in [3.8, 4) is 11.5 Å². The Kier molecular flexibility index (Phi) is 4.27. The largest absolute Gasteiger partial charge is 0.464 e. The van der Waals surface area contributed by atoms with E-state index in [1.54, 1.807) is 18.2 Å². The highest BCUT2D eigenvalue weighted by Crippen LogP contribution is 2.27. The summed E-state index contributed by atoms with van der Waals surface area (Å²) in [5.41, 5.74) is 7.14. The molecule has 3 rings (SSSR count). The quantitative estimate of drug-likeness (QED) is 0.576. The molecule has 0 bridgehead atoms. The van der Waals surface area contributed by atoms with Crippen molar-refractivity contribution >= 4 is 35.2 Å². The van der Waals surface area contributed by atoms with Crippen molar-refractivity contribution in [2.24, 2.45) is 0 Å². The van der Waals surface area contributed by atoms with Crippen molar-refractivity contribution < 1.29 is 18.3 Å². The Hall–Kier alpha value is -2.67. The number of pyridine rings is 1. The number of oxazole rings is 1. The van der Waals surface area contributed by atoms with E-state index in [0.717, 1.165) is 6.20 Å². The van der Waals surface area contributed by atoms with Gasteiger partial charge in [-0.2, -0.15) is 0 Å². The predicted molar refractivity (Wildman–Crippen MR) is 80.2 cm³/mol. The third-order valence-electron chi connectivity index (χ3n) is 2.89. The molecular weight excluding hydrogens is 313 g/mol. The summed E-state index contributed by atoms with van der Waals surface area (Å²) >= 11 is 0. The number of nitrogens with zero attached hydrogens (tertiary/aromatic N) is 2. The average molecular weight is 324 g/mol. The smallest absolute Gasteiger partial charge is 0.356 e. The molecule has 0 radical (unpaired) electrons. The lowest BCUT2D eigenvalue weighted by Gasteiger charge is -2.01. The first-order chi connectivity index (χ1) is 10.1. The number of benzene rings is 1. The number of halogens is 2. The molecule has 0 aliphatic rings. The number of hydrogen-bond acceptors (Lipinski definition) is 6. The number of carbonyl (C=O) groups excluding carboxylic acids is 1. The molecule has 0 aliphatic carbocycles. The van der Waals surface area contributed by atoms with Gasteiger partial charge in [0.05, 0.1) is 18.9 Å². The van der Waals surface area contributed by atoms with Gasteiger partial charge in [-0.1, -0.05) is 0 Å². The summed E-state index contributed by atoms with van der Waals surface area (Å²) in [6, 6.07) is 6.14. The van der Waals surface area contributed by atoms with Crippen LogP contribution in [0.1, 0.15) is 10.5 Å². The standard InChI is InChI=1S/C14H10FN3O3.ClH/c1-20-14(19)11-5-8(9(15)6-17-11)13-18-10-4-7(16)2-3-12(10)21-13;/h2-6H,16H2,1H3;1H. The molecule has 2 heterocycles. The minimum absolute atomic E-state index is 0. The van der Waals surface area contributed by atoms with Crippen LogP contribution in [-0.4, -0.2) is 23.0 Å². The number of methoxy groups -OCH3 is 1. The Bertz CT molecular complexity index is 850. The van der Waals surface area contributed by atoms with Crippen LogP contribution in [0.15, 0.2) is 34.9 Å². The SMILES string of the molecule is COC(=O)c1cc(-c2nc3cc(N)ccc3o2)c(F)cn1.Cl. The van der Waals surface area contributed by atoms with Crippen LogP contribution in [0.4, 0.5) is 10.1 Å². The summed E-state index contributed by atoms with van der Waals surface area (Å²) in [7, 11) is 1.22. The minimum Gasteiger partial charge on any atom is -0.464 e. The van der Waals surface area contributed by atoms with Gasteiger partial charge in [-0.15, -0.1) is 12.4 Å². The van der Waals surface area contributed by atoms with Gasteiger partial charge in [-0.3, -0.25) is 0 Å². The van der Waals surface area contributed by atoms with Gasteiger partial charge in [0.25, 0.3) is 0 Å². The number of carbonyl (C=O) groups is 1. The van der Waals surface area contributed by atoms with Gasteiger partial charge < -0.3 is 14.9 Å². The highest BCUT2D eigenvalue weighted by molar-refractivity contribution is 5.88. The molecule has 0 unspecified atom stereocenters. The van der Waals surface area contributed by atoms with Gasteiger partial charge >= 0.3 is 5.97 Å². The first kappa shape index (κ1) is 15.7. The molecule has 1 aromatic carbocycles. The minimum atomic E-state index is -0.670. The van der Waals surface area contributed by atoms with E-state index >= 15 is 0 Å². The normalized spacial score (nSPS) is 10.3. The van der Waals surface area contributed by atoms with Crippen molar-refractivity contribution in [1.82, 2.24) is 9.97 Å². The van der Waals surface area contributed by atoms with Crippen molar-refractivity contribution in [2.75, 3.05) is 12.8 Å². The van der Waals surface area contributed by atoms with Gasteiger partial charge in [0.15, 0.2) is 11.4 Å². The number of rotatable bonds is 2. The Balaban J connectivity index is 0.00000176. The molecule has 2 N–H and O–H groups in total. The number of nitrogens with two attached hydrogens (primary N) is 1. The van der Waals surface area contributed by atoms with E-state index in [9.17, 15) is 9.18 Å². The number of anilines is 1. The molecule has 3 aromatic rings. The van der Waals surface area contributed by atoms with E-state index in [1.165, 1.54) is 13.2 Å². The van der Waals surface area contributed by atoms with E-state index in [2.05, 4.69) is 14.7 Å². The second-order valence-electron chi connectivity index (χ2n) is 4.29. The maximum absolute atomic E-state index is 13.9. The number of hydrogen-bond donors (Lipinski definition) is 1. The van der Waals surface area contributed by atoms with Crippen molar-refractivity contribution in [3.63, 3.8) is 0 Å². The van der Waals surface area contributed by atoms with Gasteiger partial charge in [-0.05, 0) is 24.3 Å². The van der Waals surface area contributed by atoms with E-state index < -0.39 is 11.8 Å². The highest BCUT2D eigenvalue weighted by Gasteiger charge is 2.17. The summed E-state index contributed by atoms with van der Waals surface area (Å²) in [4.78, 5) is 19.3. The number of aromatic nitrogens is 2. The van der Waals surface area contributed by atoms with Crippen molar-refractivity contribution in [3.05, 3.63) is 42.0 Å². The maximum Gasteiger partial charge on any atom is 0.356 e. The zero-order valence-electron chi connectivity index (χ0n) is 11.4. The van der Waals surface area contributed by atoms with Gasteiger partial charge in [0.1, 0.15) is 11.2 Å². The van der Waals surface area contributed by atoms with Crippen LogP contribution < -0.4 is 5.73 Å². The second kappa shape index (κ2) is 5.98. The van der Waals surface area contributed by atoms with Crippen molar-refractivity contribution in [1.29, 1.82) is 0 Å². The lowest BCUT2D eigenvalue weighted by Crippen LogP contribution is -2.05. The monoisotopic (exact) mass is 323 g/mol. The first-order valence-electron chi connectivity index (χ1n) is 5.99. The third kappa shape index (κ3) is 2.71. The highest BCUT2D eigenvalue weighted by atomic mass is 35.5. The number of fused-ring (bicyclic) bond motifs is 1. The predicted octanol–water partition coefficient (Wildman–Crippen LogP) is 2.82. The molecule has 6 nitrogen and oxygen atoms in total. The molecule has 0 aliphatic heterocycles. The van der Waals surface area contributed by atoms with Crippen molar-refractivity contribution in [2.45, 2.75) is 0 Å². The summed E-state index contributed by atoms with van der Waals surface area (Å²) in [6.07, 6.45) is 0.921. The zero-order valence-corrected chi connectivity index (χ0v) is 12.2. The molecule has 0 saturated heterocycles. The van der Waals surface area contributed by atoms with Gasteiger partial charge in [0, 0.05) is 5.69 Å². The Morgan fingerprint density at radius 2 is 2.14 bits per heavy atom. The van der Waals surface area contributed by atoms with E-state index in [0.29, 0.717) is 16.8 Å². The number of esters is 1. The molecule has 22 heavy (non-hydrogen) atoms. The fraction of sp³-hybridized carbons (Fsp3) is 0.0714. The molecule has 0 saturated carbocycles. The molecule has 114 valence electrons. The molecular formula is C14H11ClFN3O3. The molecule has 2 aromatic heterocycles. The van der Waals surface area contributed by atoms with E-state index in [-0.39, 0.29) is 29.6 Å². The van der Waals surface area contributed by atoms with Gasteiger partial charge in [0.2, 0.25) is 5.89 Å². The zero-order chi connectivity index (χ0) is 15.0. The average Bonchev–Trinajstić information content (AvgIpc) is 2.89.